The van der Waals surface area contributed by atoms with Crippen molar-refractivity contribution >= 4 is 23.5 Å². The van der Waals surface area contributed by atoms with Crippen molar-refractivity contribution < 1.29 is 23.8 Å². The standard InChI is InChI=1S/C18H25ClN2O7/c1-10(2)15(23)26-9-18(8-19)12(27-16(24)11(3)4)7-14(28-18)21-6-5-13(22)20-17(21)25/h5-6,10-12,14H,7-9H2,1-4H3,(H,20,22,25). The lowest BCUT2D eigenvalue weighted by Crippen LogP contribution is -2.49. The molecule has 9 nitrogen and oxygen atoms in total. The van der Waals surface area contributed by atoms with Crippen LogP contribution in [0.15, 0.2) is 21.9 Å². The predicted octanol–water partition coefficient (Wildman–Crippen LogP) is 1.20. The minimum atomic E-state index is -1.32. The molecule has 1 aliphatic rings. The average molecular weight is 417 g/mol. The van der Waals surface area contributed by atoms with E-state index in [0.29, 0.717) is 0 Å². The highest BCUT2D eigenvalue weighted by Gasteiger charge is 2.52. The lowest BCUT2D eigenvalue weighted by atomic mass is 9.99. The van der Waals surface area contributed by atoms with Gasteiger partial charge in [-0.25, -0.2) is 4.79 Å². The monoisotopic (exact) mass is 416 g/mol. The first-order valence-electron chi connectivity index (χ1n) is 9.02. The zero-order chi connectivity index (χ0) is 21.1. The van der Waals surface area contributed by atoms with Crippen LogP contribution in [0, 0.1) is 11.8 Å². The van der Waals surface area contributed by atoms with Gasteiger partial charge < -0.3 is 14.2 Å². The van der Waals surface area contributed by atoms with E-state index in [1.165, 1.54) is 16.8 Å². The predicted molar refractivity (Wildman–Crippen MR) is 100 cm³/mol. The van der Waals surface area contributed by atoms with Gasteiger partial charge in [0.2, 0.25) is 0 Å². The Morgan fingerprint density at radius 2 is 1.93 bits per heavy atom. The molecule has 0 radical (unpaired) electrons. The summed E-state index contributed by atoms with van der Waals surface area (Å²) >= 11 is 6.15. The van der Waals surface area contributed by atoms with E-state index in [4.69, 9.17) is 25.8 Å². The number of carbonyl (C=O) groups is 2. The lowest BCUT2D eigenvalue weighted by molar-refractivity contribution is -0.176. The first-order chi connectivity index (χ1) is 13.1. The van der Waals surface area contributed by atoms with Crippen molar-refractivity contribution in [2.45, 2.75) is 52.0 Å². The molecule has 0 bridgehead atoms. The van der Waals surface area contributed by atoms with Gasteiger partial charge in [-0.2, -0.15) is 0 Å². The smallest absolute Gasteiger partial charge is 0.330 e. The van der Waals surface area contributed by atoms with Gasteiger partial charge in [-0.1, -0.05) is 27.7 Å². The van der Waals surface area contributed by atoms with E-state index in [0.717, 1.165) is 0 Å². The Kier molecular flexibility index (Phi) is 7.06. The normalized spacial score (nSPS) is 24.5. The largest absolute Gasteiger partial charge is 0.462 e. The number of alkyl halides is 1. The van der Waals surface area contributed by atoms with Crippen LogP contribution in [-0.2, 0) is 23.8 Å². The quantitative estimate of drug-likeness (QED) is 0.524. The molecule has 1 aliphatic heterocycles. The molecule has 1 aromatic rings. The van der Waals surface area contributed by atoms with Crippen molar-refractivity contribution in [3.8, 4) is 0 Å². The maximum absolute atomic E-state index is 12.2. The molecule has 2 heterocycles. The molecule has 0 spiro atoms. The summed E-state index contributed by atoms with van der Waals surface area (Å²) in [4.78, 5) is 49.6. The van der Waals surface area contributed by atoms with Crippen molar-refractivity contribution in [3.63, 3.8) is 0 Å². The molecule has 1 aromatic heterocycles. The van der Waals surface area contributed by atoms with Crippen molar-refractivity contribution in [1.82, 2.24) is 9.55 Å². The highest BCUT2D eigenvalue weighted by molar-refractivity contribution is 6.18. The van der Waals surface area contributed by atoms with Crippen molar-refractivity contribution in [1.29, 1.82) is 0 Å². The van der Waals surface area contributed by atoms with E-state index in [1.54, 1.807) is 27.7 Å². The van der Waals surface area contributed by atoms with Gasteiger partial charge in [0, 0.05) is 18.7 Å². The summed E-state index contributed by atoms with van der Waals surface area (Å²) in [6, 6.07) is 1.18. The number of hydrogen-bond donors (Lipinski definition) is 1. The highest BCUT2D eigenvalue weighted by atomic mass is 35.5. The summed E-state index contributed by atoms with van der Waals surface area (Å²) in [7, 11) is 0. The molecule has 1 fully saturated rings. The summed E-state index contributed by atoms with van der Waals surface area (Å²) in [6.07, 6.45) is -0.303. The number of H-pyrrole nitrogens is 1. The molecule has 3 atom stereocenters. The number of aromatic amines is 1. The van der Waals surface area contributed by atoms with Crippen LogP contribution in [0.1, 0.15) is 40.3 Å². The maximum Gasteiger partial charge on any atom is 0.330 e. The van der Waals surface area contributed by atoms with Crippen LogP contribution in [0.4, 0.5) is 0 Å². The zero-order valence-corrected chi connectivity index (χ0v) is 17.0. The number of rotatable bonds is 7. The molecule has 0 amide bonds. The molecule has 28 heavy (non-hydrogen) atoms. The molecular weight excluding hydrogens is 392 g/mol. The van der Waals surface area contributed by atoms with E-state index >= 15 is 0 Å². The van der Waals surface area contributed by atoms with Gasteiger partial charge in [0.25, 0.3) is 5.56 Å². The molecule has 3 unspecified atom stereocenters. The fraction of sp³-hybridized carbons (Fsp3) is 0.667. The Balaban J connectivity index is 2.33. The molecule has 0 aromatic carbocycles. The molecule has 1 N–H and O–H groups in total. The van der Waals surface area contributed by atoms with E-state index < -0.39 is 41.1 Å². The summed E-state index contributed by atoms with van der Waals surface area (Å²) < 4.78 is 18.0. The molecule has 2 rings (SSSR count). The third-order valence-electron chi connectivity index (χ3n) is 4.42. The van der Waals surface area contributed by atoms with Gasteiger partial charge >= 0.3 is 17.6 Å². The van der Waals surface area contributed by atoms with Crippen LogP contribution < -0.4 is 11.2 Å². The van der Waals surface area contributed by atoms with Crippen LogP contribution >= 0.6 is 11.6 Å². The van der Waals surface area contributed by atoms with Crippen LogP contribution in [-0.4, -0.2) is 45.7 Å². The van der Waals surface area contributed by atoms with Gasteiger partial charge in [0.15, 0.2) is 5.60 Å². The molecule has 0 saturated carbocycles. The Hall–Kier alpha value is -2.13. The third-order valence-corrected chi connectivity index (χ3v) is 4.87. The molecular formula is C18H25ClN2O7. The SMILES string of the molecule is CC(C)C(=O)OCC1(CCl)OC(n2ccc(=O)[nH]c2=O)CC1OC(=O)C(C)C. The molecule has 156 valence electrons. The number of carbonyl (C=O) groups excluding carboxylic acids is 2. The van der Waals surface area contributed by atoms with E-state index in [1.807, 2.05) is 0 Å². The fourth-order valence-corrected chi connectivity index (χ4v) is 3.00. The summed E-state index contributed by atoms with van der Waals surface area (Å²) in [5.74, 6) is -1.80. The second-order valence-corrected chi connectivity index (χ2v) is 7.63. The van der Waals surface area contributed by atoms with Crippen molar-refractivity contribution in [3.05, 3.63) is 33.1 Å². The maximum atomic E-state index is 12.2. The van der Waals surface area contributed by atoms with Crippen LogP contribution in [0.2, 0.25) is 0 Å². The minimum Gasteiger partial charge on any atom is -0.462 e. The lowest BCUT2D eigenvalue weighted by Gasteiger charge is -2.32. The number of esters is 2. The summed E-state index contributed by atoms with van der Waals surface area (Å²) in [5, 5.41) is 0. The fourth-order valence-electron chi connectivity index (χ4n) is 2.69. The number of ether oxygens (including phenoxy) is 3. The number of nitrogens with zero attached hydrogens (tertiary/aromatic N) is 1. The van der Waals surface area contributed by atoms with Gasteiger partial charge in [0.1, 0.15) is 18.9 Å². The minimum absolute atomic E-state index is 0.107. The van der Waals surface area contributed by atoms with Crippen molar-refractivity contribution in [2.75, 3.05) is 12.5 Å². The van der Waals surface area contributed by atoms with Gasteiger partial charge in [0.05, 0.1) is 17.7 Å². The van der Waals surface area contributed by atoms with Crippen molar-refractivity contribution in [2.24, 2.45) is 11.8 Å². The number of aromatic nitrogens is 2. The Morgan fingerprint density at radius 3 is 2.46 bits per heavy atom. The number of hydrogen-bond acceptors (Lipinski definition) is 7. The number of nitrogens with one attached hydrogen (secondary N) is 1. The molecule has 0 aliphatic carbocycles. The summed E-state index contributed by atoms with van der Waals surface area (Å²) in [6.45, 7) is 6.50. The topological polar surface area (TPSA) is 117 Å². The number of halogens is 1. The first-order valence-corrected chi connectivity index (χ1v) is 9.55. The Labute approximate surface area is 166 Å². The second-order valence-electron chi connectivity index (χ2n) is 7.37. The highest BCUT2D eigenvalue weighted by Crippen LogP contribution is 2.39. The van der Waals surface area contributed by atoms with Gasteiger partial charge in [-0.3, -0.25) is 23.9 Å². The van der Waals surface area contributed by atoms with Gasteiger partial charge in [-0.05, 0) is 0 Å². The zero-order valence-electron chi connectivity index (χ0n) is 16.3. The van der Waals surface area contributed by atoms with Crippen LogP contribution in [0.3, 0.4) is 0 Å². The average Bonchev–Trinajstić information content (AvgIpc) is 2.97. The third kappa shape index (κ3) is 4.82. The van der Waals surface area contributed by atoms with E-state index in [-0.39, 0.29) is 30.7 Å². The second kappa shape index (κ2) is 8.91. The van der Waals surface area contributed by atoms with Crippen LogP contribution in [0.25, 0.3) is 0 Å². The van der Waals surface area contributed by atoms with Gasteiger partial charge in [-0.15, -0.1) is 11.6 Å². The Bertz CT molecular complexity index is 832. The van der Waals surface area contributed by atoms with Crippen LogP contribution in [0.5, 0.6) is 0 Å². The first kappa shape index (κ1) is 22.2. The van der Waals surface area contributed by atoms with E-state index in [9.17, 15) is 19.2 Å². The summed E-state index contributed by atoms with van der Waals surface area (Å²) in [5.41, 5.74) is -2.54. The Morgan fingerprint density at radius 1 is 1.29 bits per heavy atom. The van der Waals surface area contributed by atoms with E-state index in [2.05, 4.69) is 4.98 Å². The molecule has 10 heteroatoms. The molecule has 1 saturated heterocycles.